The molecule has 2 heteroatoms. The summed E-state index contributed by atoms with van der Waals surface area (Å²) in [6.07, 6.45) is 0. The van der Waals surface area contributed by atoms with E-state index in [9.17, 15) is 0 Å². The summed E-state index contributed by atoms with van der Waals surface area (Å²) in [4.78, 5) is 0. The van der Waals surface area contributed by atoms with Crippen molar-refractivity contribution in [3.05, 3.63) is 60.2 Å². The minimum atomic E-state index is 0.178. The molecule has 1 N–H and O–H groups in total. The zero-order valence-electron chi connectivity index (χ0n) is 12.1. The van der Waals surface area contributed by atoms with E-state index >= 15 is 0 Å². The van der Waals surface area contributed by atoms with Crippen molar-refractivity contribution in [3.8, 4) is 0 Å². The lowest BCUT2D eigenvalue weighted by molar-refractivity contribution is 0.590. The van der Waals surface area contributed by atoms with Gasteiger partial charge in [0.2, 0.25) is 0 Å². The first-order valence-electron chi connectivity index (χ1n) is 6.88. The maximum absolute atomic E-state index is 5.76. The van der Waals surface area contributed by atoms with Crippen LogP contribution in [0.1, 0.15) is 26.3 Å². The third-order valence-electron chi connectivity index (χ3n) is 3.44. The van der Waals surface area contributed by atoms with Gasteiger partial charge in [-0.15, -0.1) is 0 Å². The van der Waals surface area contributed by atoms with Gasteiger partial charge in [-0.1, -0.05) is 51.1 Å². The molecule has 3 aromatic rings. The molecule has 1 heterocycles. The SMILES string of the molecule is CC(C)(C)c1ccc(Nc2cc3ccccc3o2)cc1. The Bertz CT molecular complexity index is 684. The van der Waals surface area contributed by atoms with E-state index < -0.39 is 0 Å². The average Bonchev–Trinajstić information content (AvgIpc) is 2.80. The van der Waals surface area contributed by atoms with Crippen LogP contribution in [-0.2, 0) is 5.41 Å². The van der Waals surface area contributed by atoms with E-state index in [0.717, 1.165) is 22.5 Å². The van der Waals surface area contributed by atoms with Crippen molar-refractivity contribution >= 4 is 22.5 Å². The molecule has 3 rings (SSSR count). The Morgan fingerprint density at radius 3 is 2.25 bits per heavy atom. The first kappa shape index (κ1) is 12.8. The van der Waals surface area contributed by atoms with E-state index in [2.05, 4.69) is 50.4 Å². The lowest BCUT2D eigenvalue weighted by Crippen LogP contribution is -2.10. The summed E-state index contributed by atoms with van der Waals surface area (Å²) in [5.41, 5.74) is 3.45. The van der Waals surface area contributed by atoms with Gasteiger partial charge in [0.25, 0.3) is 0 Å². The lowest BCUT2D eigenvalue weighted by atomic mass is 9.87. The molecule has 0 bridgehead atoms. The lowest BCUT2D eigenvalue weighted by Gasteiger charge is -2.19. The van der Waals surface area contributed by atoms with Gasteiger partial charge >= 0.3 is 0 Å². The Morgan fingerprint density at radius 2 is 1.60 bits per heavy atom. The van der Waals surface area contributed by atoms with E-state index in [-0.39, 0.29) is 5.41 Å². The summed E-state index contributed by atoms with van der Waals surface area (Å²) in [6.45, 7) is 6.65. The predicted molar refractivity (Wildman–Crippen MR) is 84.6 cm³/mol. The number of rotatable bonds is 2. The van der Waals surface area contributed by atoms with Gasteiger partial charge in [0.15, 0.2) is 5.88 Å². The third kappa shape index (κ3) is 2.55. The van der Waals surface area contributed by atoms with Crippen LogP contribution in [0, 0.1) is 0 Å². The summed E-state index contributed by atoms with van der Waals surface area (Å²) in [7, 11) is 0. The zero-order chi connectivity index (χ0) is 14.2. The van der Waals surface area contributed by atoms with Crippen molar-refractivity contribution in [2.75, 3.05) is 5.32 Å². The van der Waals surface area contributed by atoms with Crippen LogP contribution in [0.3, 0.4) is 0 Å². The number of nitrogens with one attached hydrogen (secondary N) is 1. The summed E-state index contributed by atoms with van der Waals surface area (Å²) >= 11 is 0. The highest BCUT2D eigenvalue weighted by atomic mass is 16.3. The van der Waals surface area contributed by atoms with Crippen molar-refractivity contribution < 1.29 is 4.42 Å². The van der Waals surface area contributed by atoms with Crippen LogP contribution in [0.15, 0.2) is 59.0 Å². The highest BCUT2D eigenvalue weighted by Crippen LogP contribution is 2.27. The van der Waals surface area contributed by atoms with Gasteiger partial charge in [0.05, 0.1) is 0 Å². The second-order valence-electron chi connectivity index (χ2n) is 6.10. The Kier molecular flexibility index (Phi) is 3.01. The van der Waals surface area contributed by atoms with Gasteiger partial charge in [-0.3, -0.25) is 0 Å². The van der Waals surface area contributed by atoms with Crippen molar-refractivity contribution in [2.45, 2.75) is 26.2 Å². The first-order valence-corrected chi connectivity index (χ1v) is 6.88. The number of hydrogen-bond donors (Lipinski definition) is 1. The molecule has 20 heavy (non-hydrogen) atoms. The van der Waals surface area contributed by atoms with Gasteiger partial charge < -0.3 is 9.73 Å². The van der Waals surface area contributed by atoms with E-state index in [1.54, 1.807) is 0 Å². The van der Waals surface area contributed by atoms with Gasteiger partial charge in [-0.25, -0.2) is 0 Å². The quantitative estimate of drug-likeness (QED) is 0.664. The normalized spacial score (nSPS) is 11.8. The molecule has 0 spiro atoms. The van der Waals surface area contributed by atoms with Gasteiger partial charge in [0, 0.05) is 17.1 Å². The molecule has 0 aliphatic carbocycles. The van der Waals surface area contributed by atoms with E-state index in [1.165, 1.54) is 5.56 Å². The molecule has 0 fully saturated rings. The molecule has 0 amide bonds. The minimum absolute atomic E-state index is 0.178. The number of benzene rings is 2. The minimum Gasteiger partial charge on any atom is -0.440 e. The smallest absolute Gasteiger partial charge is 0.198 e. The van der Waals surface area contributed by atoms with E-state index in [4.69, 9.17) is 4.42 Å². The molecular weight excluding hydrogens is 246 g/mol. The fourth-order valence-electron chi connectivity index (χ4n) is 2.24. The Balaban J connectivity index is 1.84. The Labute approximate surface area is 119 Å². The van der Waals surface area contributed by atoms with E-state index in [1.807, 2.05) is 30.3 Å². The molecule has 0 atom stereocenters. The molecule has 0 unspecified atom stereocenters. The van der Waals surface area contributed by atoms with Crippen LogP contribution in [0.5, 0.6) is 0 Å². The number of hydrogen-bond acceptors (Lipinski definition) is 2. The fourth-order valence-corrected chi connectivity index (χ4v) is 2.24. The van der Waals surface area contributed by atoms with E-state index in [0.29, 0.717) is 0 Å². The van der Waals surface area contributed by atoms with Gasteiger partial charge in [0.1, 0.15) is 5.58 Å². The molecule has 0 aliphatic heterocycles. The highest BCUT2D eigenvalue weighted by Gasteiger charge is 2.13. The monoisotopic (exact) mass is 265 g/mol. The second kappa shape index (κ2) is 4.71. The van der Waals surface area contributed by atoms with Crippen molar-refractivity contribution in [2.24, 2.45) is 0 Å². The number of furan rings is 1. The summed E-state index contributed by atoms with van der Waals surface area (Å²) in [6, 6.07) is 18.5. The summed E-state index contributed by atoms with van der Waals surface area (Å²) in [5, 5.41) is 4.42. The molecular formula is C18H19NO. The number of fused-ring (bicyclic) bond motifs is 1. The molecule has 1 aromatic heterocycles. The van der Waals surface area contributed by atoms with Gasteiger partial charge in [-0.05, 0) is 29.2 Å². The Morgan fingerprint density at radius 1 is 0.900 bits per heavy atom. The fraction of sp³-hybridized carbons (Fsp3) is 0.222. The maximum atomic E-state index is 5.76. The zero-order valence-corrected chi connectivity index (χ0v) is 12.1. The molecule has 2 aromatic carbocycles. The highest BCUT2D eigenvalue weighted by molar-refractivity contribution is 5.81. The van der Waals surface area contributed by atoms with Crippen LogP contribution >= 0.6 is 0 Å². The average molecular weight is 265 g/mol. The molecule has 102 valence electrons. The molecule has 2 nitrogen and oxygen atoms in total. The third-order valence-corrected chi connectivity index (χ3v) is 3.44. The molecule has 0 aliphatic rings. The second-order valence-corrected chi connectivity index (χ2v) is 6.10. The van der Waals surface area contributed by atoms with Crippen molar-refractivity contribution in [3.63, 3.8) is 0 Å². The van der Waals surface area contributed by atoms with Crippen LogP contribution in [-0.4, -0.2) is 0 Å². The molecule has 0 saturated heterocycles. The van der Waals surface area contributed by atoms with Crippen molar-refractivity contribution in [1.82, 2.24) is 0 Å². The number of anilines is 2. The number of para-hydroxylation sites is 1. The largest absolute Gasteiger partial charge is 0.440 e. The Hall–Kier alpha value is -2.22. The van der Waals surface area contributed by atoms with Crippen molar-refractivity contribution in [1.29, 1.82) is 0 Å². The van der Waals surface area contributed by atoms with Crippen LogP contribution in [0.4, 0.5) is 11.6 Å². The molecule has 0 radical (unpaired) electrons. The van der Waals surface area contributed by atoms with Gasteiger partial charge in [-0.2, -0.15) is 0 Å². The molecule has 0 saturated carbocycles. The standard InChI is InChI=1S/C18H19NO/c1-18(2,3)14-8-10-15(11-9-14)19-17-12-13-6-4-5-7-16(13)20-17/h4-12,19H,1-3H3. The topological polar surface area (TPSA) is 25.2 Å². The maximum Gasteiger partial charge on any atom is 0.198 e. The van der Waals surface area contributed by atoms with Crippen LogP contribution in [0.25, 0.3) is 11.0 Å². The summed E-state index contributed by atoms with van der Waals surface area (Å²) in [5.74, 6) is 0.773. The van der Waals surface area contributed by atoms with Crippen LogP contribution in [0.2, 0.25) is 0 Å². The predicted octanol–water partition coefficient (Wildman–Crippen LogP) is 5.47. The summed E-state index contributed by atoms with van der Waals surface area (Å²) < 4.78 is 5.76. The first-order chi connectivity index (χ1) is 9.52. The van der Waals surface area contributed by atoms with Crippen LogP contribution < -0.4 is 5.32 Å².